The van der Waals surface area contributed by atoms with Crippen molar-refractivity contribution in [1.82, 2.24) is 9.55 Å². The first kappa shape index (κ1) is 10.2. The van der Waals surface area contributed by atoms with Gasteiger partial charge in [0.2, 0.25) is 0 Å². The molecule has 1 aromatic carbocycles. The van der Waals surface area contributed by atoms with Gasteiger partial charge in [-0.3, -0.25) is 0 Å². The molecule has 1 saturated heterocycles. The van der Waals surface area contributed by atoms with Crippen LogP contribution in [0.4, 0.5) is 4.39 Å². The van der Waals surface area contributed by atoms with E-state index in [-0.39, 0.29) is 11.7 Å². The van der Waals surface area contributed by atoms with Gasteiger partial charge < -0.3 is 9.30 Å². The van der Waals surface area contributed by atoms with Gasteiger partial charge in [-0.15, -0.1) is 0 Å². The normalized spacial score (nSPS) is 18.9. The highest BCUT2D eigenvalue weighted by Gasteiger charge is 2.19. The molecule has 1 unspecified atom stereocenters. The number of benzene rings is 1. The second-order valence-corrected chi connectivity index (χ2v) is 4.11. The summed E-state index contributed by atoms with van der Waals surface area (Å²) in [5, 5.41) is 8.73. The van der Waals surface area contributed by atoms with E-state index in [9.17, 15) is 4.39 Å². The predicted molar refractivity (Wildman–Crippen MR) is 58.8 cm³/mol. The van der Waals surface area contributed by atoms with Gasteiger partial charge in [0.25, 0.3) is 0 Å². The van der Waals surface area contributed by atoms with Crippen LogP contribution in [0.2, 0.25) is 0 Å². The maximum Gasteiger partial charge on any atom is 0.143 e. The van der Waals surface area contributed by atoms with Crippen molar-refractivity contribution in [2.75, 3.05) is 6.61 Å². The summed E-state index contributed by atoms with van der Waals surface area (Å²) in [4.78, 5) is 4.17. The van der Waals surface area contributed by atoms with Crippen LogP contribution in [0.25, 0.3) is 11.0 Å². The van der Waals surface area contributed by atoms with Crippen molar-refractivity contribution in [1.29, 1.82) is 5.26 Å². The fraction of sp³-hybridized carbons (Fsp3) is 0.333. The summed E-state index contributed by atoms with van der Waals surface area (Å²) in [6.45, 7) is 1.48. The zero-order chi connectivity index (χ0) is 11.8. The van der Waals surface area contributed by atoms with Gasteiger partial charge in [-0.2, -0.15) is 5.26 Å². The Hall–Kier alpha value is -1.93. The van der Waals surface area contributed by atoms with Gasteiger partial charge >= 0.3 is 0 Å². The van der Waals surface area contributed by atoms with E-state index in [0.29, 0.717) is 17.6 Å². The fourth-order valence-electron chi connectivity index (χ4n) is 1.96. The second kappa shape index (κ2) is 3.82. The van der Waals surface area contributed by atoms with Crippen LogP contribution in [0.1, 0.15) is 12.0 Å². The number of hydrogen-bond donors (Lipinski definition) is 0. The zero-order valence-electron chi connectivity index (χ0n) is 9.06. The highest BCUT2D eigenvalue weighted by Crippen LogP contribution is 2.20. The maximum atomic E-state index is 13.5. The Morgan fingerprint density at radius 2 is 2.41 bits per heavy atom. The Morgan fingerprint density at radius 3 is 3.06 bits per heavy atom. The second-order valence-electron chi connectivity index (χ2n) is 4.11. The molecule has 2 heterocycles. The molecule has 1 aliphatic heterocycles. The number of nitriles is 1. The molecule has 1 aliphatic rings. The van der Waals surface area contributed by atoms with Gasteiger partial charge in [0.1, 0.15) is 11.9 Å². The summed E-state index contributed by atoms with van der Waals surface area (Å²) < 4.78 is 20.7. The fourth-order valence-corrected chi connectivity index (χ4v) is 1.96. The number of nitrogens with zero attached hydrogens (tertiary/aromatic N) is 3. The van der Waals surface area contributed by atoms with E-state index in [2.05, 4.69) is 4.98 Å². The van der Waals surface area contributed by atoms with Crippen LogP contribution in [0.3, 0.4) is 0 Å². The number of rotatable bonds is 2. The number of ether oxygens (including phenoxy) is 1. The Morgan fingerprint density at radius 1 is 1.59 bits per heavy atom. The van der Waals surface area contributed by atoms with E-state index < -0.39 is 5.82 Å². The Labute approximate surface area is 97.2 Å². The molecule has 17 heavy (non-hydrogen) atoms. The van der Waals surface area contributed by atoms with Crippen LogP contribution in [0, 0.1) is 17.1 Å². The number of fused-ring (bicyclic) bond motifs is 1. The van der Waals surface area contributed by atoms with Gasteiger partial charge in [0, 0.05) is 12.7 Å². The number of halogens is 1. The number of imidazole rings is 1. The molecular formula is C12H10FN3O. The van der Waals surface area contributed by atoms with E-state index in [1.807, 2.05) is 10.6 Å². The van der Waals surface area contributed by atoms with Gasteiger partial charge in [-0.1, -0.05) is 0 Å². The summed E-state index contributed by atoms with van der Waals surface area (Å²) in [5.41, 5.74) is 1.38. The van der Waals surface area contributed by atoms with Gasteiger partial charge in [-0.25, -0.2) is 9.37 Å². The molecule has 0 spiro atoms. The van der Waals surface area contributed by atoms with Crippen molar-refractivity contribution < 1.29 is 9.13 Å². The quantitative estimate of drug-likeness (QED) is 0.792. The van der Waals surface area contributed by atoms with Crippen molar-refractivity contribution in [3.8, 4) is 6.07 Å². The number of aromatic nitrogens is 2. The van der Waals surface area contributed by atoms with E-state index in [1.54, 1.807) is 6.33 Å². The molecule has 0 aliphatic carbocycles. The van der Waals surface area contributed by atoms with Crippen LogP contribution < -0.4 is 0 Å². The average Bonchev–Trinajstić information content (AvgIpc) is 2.65. The molecular weight excluding hydrogens is 221 g/mol. The highest BCUT2D eigenvalue weighted by atomic mass is 19.1. The Kier molecular flexibility index (Phi) is 2.30. The van der Waals surface area contributed by atoms with E-state index in [4.69, 9.17) is 10.00 Å². The third-order valence-corrected chi connectivity index (χ3v) is 3.02. The average molecular weight is 231 g/mol. The van der Waals surface area contributed by atoms with E-state index in [1.165, 1.54) is 12.1 Å². The minimum Gasteiger partial charge on any atom is -0.376 e. The Balaban J connectivity index is 2.03. The summed E-state index contributed by atoms with van der Waals surface area (Å²) in [6.07, 6.45) is 2.89. The van der Waals surface area contributed by atoms with Crippen molar-refractivity contribution >= 4 is 11.0 Å². The minimum atomic E-state index is -0.503. The number of hydrogen-bond acceptors (Lipinski definition) is 3. The molecule has 0 N–H and O–H groups in total. The summed E-state index contributed by atoms with van der Waals surface area (Å²) in [5.74, 6) is -0.503. The topological polar surface area (TPSA) is 50.8 Å². The lowest BCUT2D eigenvalue weighted by molar-refractivity contribution is -0.0586. The molecule has 4 nitrogen and oxygen atoms in total. The standard InChI is InChI=1S/C12H10FN3O/c13-10-4-12-11(3-8(10)5-14)15-7-16(12)6-9-1-2-17-9/h3-4,7,9H,1-2,6H2. The third-order valence-electron chi connectivity index (χ3n) is 3.02. The van der Waals surface area contributed by atoms with E-state index >= 15 is 0 Å². The van der Waals surface area contributed by atoms with E-state index in [0.717, 1.165) is 13.0 Å². The lowest BCUT2D eigenvalue weighted by Gasteiger charge is -2.26. The molecule has 2 aromatic rings. The molecule has 1 aromatic heterocycles. The third kappa shape index (κ3) is 1.67. The van der Waals surface area contributed by atoms with Crippen LogP contribution >= 0.6 is 0 Å². The zero-order valence-corrected chi connectivity index (χ0v) is 9.06. The molecule has 0 radical (unpaired) electrons. The smallest absolute Gasteiger partial charge is 0.143 e. The lowest BCUT2D eigenvalue weighted by atomic mass is 10.1. The first-order chi connectivity index (χ1) is 8.28. The molecule has 5 heteroatoms. The van der Waals surface area contributed by atoms with Gasteiger partial charge in [0.15, 0.2) is 0 Å². The van der Waals surface area contributed by atoms with Crippen LogP contribution in [-0.2, 0) is 11.3 Å². The van der Waals surface area contributed by atoms with Crippen molar-refractivity contribution in [3.05, 3.63) is 29.8 Å². The Bertz CT molecular complexity index is 610. The maximum absolute atomic E-state index is 13.5. The van der Waals surface area contributed by atoms with Crippen LogP contribution in [0.15, 0.2) is 18.5 Å². The first-order valence-corrected chi connectivity index (χ1v) is 5.44. The van der Waals surface area contributed by atoms with Crippen molar-refractivity contribution in [3.63, 3.8) is 0 Å². The van der Waals surface area contributed by atoms with Crippen LogP contribution in [0.5, 0.6) is 0 Å². The van der Waals surface area contributed by atoms with Crippen molar-refractivity contribution in [2.45, 2.75) is 19.1 Å². The molecule has 0 saturated carbocycles. The molecule has 3 rings (SSSR count). The molecule has 1 fully saturated rings. The molecule has 0 amide bonds. The van der Waals surface area contributed by atoms with Crippen molar-refractivity contribution in [2.24, 2.45) is 0 Å². The SMILES string of the molecule is N#Cc1cc2ncn(CC3CCO3)c2cc1F. The first-order valence-electron chi connectivity index (χ1n) is 5.44. The minimum absolute atomic E-state index is 0.0302. The predicted octanol–water partition coefficient (Wildman–Crippen LogP) is 1.84. The highest BCUT2D eigenvalue weighted by molar-refractivity contribution is 5.77. The van der Waals surface area contributed by atoms with Gasteiger partial charge in [0.05, 0.1) is 35.6 Å². The monoisotopic (exact) mass is 231 g/mol. The molecule has 1 atom stereocenters. The summed E-state index contributed by atoms with van der Waals surface area (Å²) in [7, 11) is 0. The summed E-state index contributed by atoms with van der Waals surface area (Å²) >= 11 is 0. The largest absolute Gasteiger partial charge is 0.376 e. The van der Waals surface area contributed by atoms with Gasteiger partial charge in [-0.05, 0) is 12.5 Å². The molecule has 86 valence electrons. The van der Waals surface area contributed by atoms with Crippen LogP contribution in [-0.4, -0.2) is 22.3 Å². The molecule has 0 bridgehead atoms. The lowest BCUT2D eigenvalue weighted by Crippen LogP contribution is -2.30. The summed E-state index contributed by atoms with van der Waals surface area (Å²) in [6, 6.07) is 4.65.